The summed E-state index contributed by atoms with van der Waals surface area (Å²) >= 11 is 3.14. The molecule has 2 rings (SSSR count). The van der Waals surface area contributed by atoms with Crippen molar-refractivity contribution in [2.24, 2.45) is 0 Å². The molecule has 0 radical (unpaired) electrons. The SMILES string of the molecule is CCOc1ccc(NC(=O)c2cc(NC(=O)C(C)Br)ccc2F)cc1. The lowest BCUT2D eigenvalue weighted by Gasteiger charge is -2.10. The summed E-state index contributed by atoms with van der Waals surface area (Å²) in [5.74, 6) is -0.886. The minimum absolute atomic E-state index is 0.158. The molecule has 132 valence electrons. The zero-order valence-corrected chi connectivity index (χ0v) is 15.4. The number of halogens is 2. The molecule has 0 fully saturated rings. The van der Waals surface area contributed by atoms with Crippen LogP contribution in [0.5, 0.6) is 5.75 Å². The molecule has 7 heteroatoms. The Morgan fingerprint density at radius 3 is 2.36 bits per heavy atom. The van der Waals surface area contributed by atoms with Crippen LogP contribution in [0, 0.1) is 5.82 Å². The fraction of sp³-hybridized carbons (Fsp3) is 0.222. The second kappa shape index (κ2) is 8.62. The largest absolute Gasteiger partial charge is 0.494 e. The number of alkyl halides is 1. The molecule has 0 heterocycles. The van der Waals surface area contributed by atoms with Crippen molar-refractivity contribution in [1.82, 2.24) is 0 Å². The summed E-state index contributed by atoms with van der Waals surface area (Å²) in [6.07, 6.45) is 0. The first-order valence-electron chi connectivity index (χ1n) is 7.69. The van der Waals surface area contributed by atoms with Gasteiger partial charge in [-0.3, -0.25) is 9.59 Å². The molecule has 0 spiro atoms. The van der Waals surface area contributed by atoms with Crippen molar-refractivity contribution in [3.63, 3.8) is 0 Å². The van der Waals surface area contributed by atoms with Gasteiger partial charge in [0.05, 0.1) is 17.0 Å². The quantitative estimate of drug-likeness (QED) is 0.703. The van der Waals surface area contributed by atoms with E-state index in [0.717, 1.165) is 6.07 Å². The average Bonchev–Trinajstić information content (AvgIpc) is 2.58. The zero-order chi connectivity index (χ0) is 18.4. The van der Waals surface area contributed by atoms with Crippen LogP contribution in [0.1, 0.15) is 24.2 Å². The molecule has 2 aromatic rings. The topological polar surface area (TPSA) is 67.4 Å². The molecule has 2 N–H and O–H groups in total. The summed E-state index contributed by atoms with van der Waals surface area (Å²) < 4.78 is 19.3. The lowest BCUT2D eigenvalue weighted by Crippen LogP contribution is -2.20. The van der Waals surface area contributed by atoms with Crippen molar-refractivity contribution in [3.05, 3.63) is 53.8 Å². The van der Waals surface area contributed by atoms with E-state index in [-0.39, 0.29) is 11.5 Å². The minimum atomic E-state index is -0.673. The lowest BCUT2D eigenvalue weighted by atomic mass is 10.1. The first kappa shape index (κ1) is 18.9. The van der Waals surface area contributed by atoms with E-state index in [1.807, 2.05) is 6.92 Å². The van der Waals surface area contributed by atoms with Crippen LogP contribution in [0.4, 0.5) is 15.8 Å². The van der Waals surface area contributed by atoms with Crippen LogP contribution in [0.25, 0.3) is 0 Å². The Labute approximate surface area is 153 Å². The molecule has 0 aliphatic heterocycles. The van der Waals surface area contributed by atoms with Gasteiger partial charge >= 0.3 is 0 Å². The van der Waals surface area contributed by atoms with E-state index >= 15 is 0 Å². The highest BCUT2D eigenvalue weighted by molar-refractivity contribution is 9.10. The van der Waals surface area contributed by atoms with Gasteiger partial charge in [0.25, 0.3) is 5.91 Å². The van der Waals surface area contributed by atoms with Gasteiger partial charge in [-0.05, 0) is 56.3 Å². The Balaban J connectivity index is 2.13. The third-order valence-corrected chi connectivity index (χ3v) is 3.68. The highest BCUT2D eigenvalue weighted by atomic mass is 79.9. The number of ether oxygens (including phenoxy) is 1. The van der Waals surface area contributed by atoms with Crippen molar-refractivity contribution in [1.29, 1.82) is 0 Å². The maximum absolute atomic E-state index is 14.0. The Morgan fingerprint density at radius 1 is 1.12 bits per heavy atom. The molecule has 25 heavy (non-hydrogen) atoms. The van der Waals surface area contributed by atoms with E-state index < -0.39 is 16.6 Å². The van der Waals surface area contributed by atoms with E-state index in [4.69, 9.17) is 4.74 Å². The Bertz CT molecular complexity index is 763. The standard InChI is InChI=1S/C18H18BrFN2O3/c1-3-25-14-7-4-12(5-8-14)21-18(24)15-10-13(6-9-16(15)20)22-17(23)11(2)19/h4-11H,3H2,1-2H3,(H,21,24)(H,22,23). The van der Waals surface area contributed by atoms with E-state index in [9.17, 15) is 14.0 Å². The fourth-order valence-corrected chi connectivity index (χ4v) is 2.13. The van der Waals surface area contributed by atoms with Gasteiger partial charge in [-0.2, -0.15) is 0 Å². The van der Waals surface area contributed by atoms with Gasteiger partial charge in [0, 0.05) is 11.4 Å². The van der Waals surface area contributed by atoms with Crippen LogP contribution in [-0.2, 0) is 4.79 Å². The molecule has 0 aliphatic rings. The van der Waals surface area contributed by atoms with Gasteiger partial charge in [0.2, 0.25) is 5.91 Å². The number of carbonyl (C=O) groups excluding carboxylic acids is 2. The van der Waals surface area contributed by atoms with Crippen LogP contribution in [-0.4, -0.2) is 23.2 Å². The summed E-state index contributed by atoms with van der Waals surface area (Å²) in [6, 6.07) is 10.6. The Hall–Kier alpha value is -2.41. The number of hydrogen-bond acceptors (Lipinski definition) is 3. The van der Waals surface area contributed by atoms with Crippen LogP contribution < -0.4 is 15.4 Å². The number of nitrogens with one attached hydrogen (secondary N) is 2. The predicted octanol–water partition coefficient (Wildman–Crippen LogP) is 4.20. The van der Waals surface area contributed by atoms with Gasteiger partial charge in [-0.15, -0.1) is 0 Å². The first-order valence-corrected chi connectivity index (χ1v) is 8.61. The maximum atomic E-state index is 14.0. The normalized spacial score (nSPS) is 11.5. The monoisotopic (exact) mass is 408 g/mol. The second-order valence-electron chi connectivity index (χ2n) is 5.21. The molecule has 5 nitrogen and oxygen atoms in total. The molecule has 0 saturated carbocycles. The van der Waals surface area contributed by atoms with Gasteiger partial charge in [0.1, 0.15) is 11.6 Å². The summed E-state index contributed by atoms with van der Waals surface area (Å²) in [6.45, 7) is 4.08. The smallest absolute Gasteiger partial charge is 0.258 e. The van der Waals surface area contributed by atoms with Gasteiger partial charge in [-0.1, -0.05) is 15.9 Å². The minimum Gasteiger partial charge on any atom is -0.494 e. The number of amides is 2. The van der Waals surface area contributed by atoms with Crippen LogP contribution >= 0.6 is 15.9 Å². The summed E-state index contributed by atoms with van der Waals surface area (Å²) in [5, 5.41) is 5.22. The molecule has 0 aromatic heterocycles. The second-order valence-corrected chi connectivity index (χ2v) is 6.58. The molecular formula is C18H18BrFN2O3. The molecule has 0 saturated heterocycles. The lowest BCUT2D eigenvalue weighted by molar-refractivity contribution is -0.115. The molecule has 1 atom stereocenters. The number of benzene rings is 2. The molecule has 2 amide bonds. The summed E-state index contributed by atoms with van der Waals surface area (Å²) in [7, 11) is 0. The number of anilines is 2. The Kier molecular flexibility index (Phi) is 6.52. The van der Waals surface area contributed by atoms with E-state index in [1.54, 1.807) is 31.2 Å². The maximum Gasteiger partial charge on any atom is 0.258 e. The summed E-state index contributed by atoms with van der Waals surface area (Å²) in [5.41, 5.74) is 0.694. The van der Waals surface area contributed by atoms with E-state index in [1.165, 1.54) is 12.1 Å². The molecule has 1 unspecified atom stereocenters. The van der Waals surface area contributed by atoms with Crippen molar-refractivity contribution in [2.45, 2.75) is 18.7 Å². The fourth-order valence-electron chi connectivity index (χ4n) is 2.02. The predicted molar refractivity (Wildman–Crippen MR) is 99.0 cm³/mol. The summed E-state index contributed by atoms with van der Waals surface area (Å²) in [4.78, 5) is 23.6. The number of carbonyl (C=O) groups is 2. The molecular weight excluding hydrogens is 391 g/mol. The van der Waals surface area contributed by atoms with Crippen LogP contribution in [0.3, 0.4) is 0 Å². The van der Waals surface area contributed by atoms with Crippen LogP contribution in [0.15, 0.2) is 42.5 Å². The van der Waals surface area contributed by atoms with Crippen LogP contribution in [0.2, 0.25) is 0 Å². The van der Waals surface area contributed by atoms with Gasteiger partial charge in [-0.25, -0.2) is 4.39 Å². The highest BCUT2D eigenvalue weighted by Gasteiger charge is 2.15. The van der Waals surface area contributed by atoms with Crippen molar-refractivity contribution < 1.29 is 18.7 Å². The third-order valence-electron chi connectivity index (χ3n) is 3.26. The molecule has 2 aromatic carbocycles. The first-order chi connectivity index (χ1) is 11.9. The number of rotatable bonds is 6. The Morgan fingerprint density at radius 2 is 1.76 bits per heavy atom. The van der Waals surface area contributed by atoms with Crippen molar-refractivity contribution in [2.75, 3.05) is 17.2 Å². The van der Waals surface area contributed by atoms with Crippen molar-refractivity contribution in [3.8, 4) is 5.75 Å². The zero-order valence-electron chi connectivity index (χ0n) is 13.8. The van der Waals surface area contributed by atoms with Gasteiger partial charge in [0.15, 0.2) is 0 Å². The van der Waals surface area contributed by atoms with E-state index in [2.05, 4.69) is 26.6 Å². The highest BCUT2D eigenvalue weighted by Crippen LogP contribution is 2.19. The molecule has 0 aliphatic carbocycles. The van der Waals surface area contributed by atoms with E-state index in [0.29, 0.717) is 23.7 Å². The molecule has 0 bridgehead atoms. The third kappa shape index (κ3) is 5.29. The van der Waals surface area contributed by atoms with Crippen molar-refractivity contribution >= 4 is 39.1 Å². The van der Waals surface area contributed by atoms with Gasteiger partial charge < -0.3 is 15.4 Å². The number of hydrogen-bond donors (Lipinski definition) is 2. The average molecular weight is 409 g/mol.